The van der Waals surface area contributed by atoms with Crippen LogP contribution in [0, 0.1) is 11.3 Å². The molecule has 0 N–H and O–H groups in total. The molecular weight excluding hydrogens is 268 g/mol. The van der Waals surface area contributed by atoms with Crippen LogP contribution in [0.25, 0.3) is 0 Å². The Morgan fingerprint density at radius 1 is 1.23 bits per heavy atom. The normalized spacial score (nSPS) is 34.2. The SMILES string of the molecule is CC(=O)[C@]1(C)CCC[C@]2(C)c3ccc(C(C)C)cc3CCC12. The van der Waals surface area contributed by atoms with E-state index in [1.807, 2.05) is 6.92 Å². The van der Waals surface area contributed by atoms with Crippen LogP contribution in [-0.4, -0.2) is 5.78 Å². The molecule has 0 heterocycles. The molecule has 3 atom stereocenters. The zero-order valence-electron chi connectivity index (χ0n) is 14.8. The number of hydrogen-bond acceptors (Lipinski definition) is 1. The van der Waals surface area contributed by atoms with Gasteiger partial charge in [-0.3, -0.25) is 4.79 Å². The smallest absolute Gasteiger partial charge is 0.135 e. The molecule has 1 nitrogen and oxygen atoms in total. The van der Waals surface area contributed by atoms with Gasteiger partial charge in [-0.15, -0.1) is 0 Å². The molecule has 0 radical (unpaired) electrons. The number of rotatable bonds is 2. The standard InChI is InChI=1S/C21H30O/c1-14(2)16-7-9-18-17(13-16)8-10-19-20(4,15(3)22)11-6-12-21(18,19)5/h7,9,13-14,19H,6,8,10-12H2,1-5H3/t19?,20-,21+/m0/s1. The Bertz CT molecular complexity index is 600. The van der Waals surface area contributed by atoms with Gasteiger partial charge in [0.2, 0.25) is 0 Å². The van der Waals surface area contributed by atoms with Gasteiger partial charge in [-0.2, -0.15) is 0 Å². The van der Waals surface area contributed by atoms with Gasteiger partial charge < -0.3 is 0 Å². The number of Topliss-reactive ketones (excluding diaryl/α,β-unsaturated/α-hetero) is 1. The lowest BCUT2D eigenvalue weighted by Gasteiger charge is -2.54. The van der Waals surface area contributed by atoms with Crippen molar-refractivity contribution in [1.82, 2.24) is 0 Å². The molecular formula is C21H30O. The van der Waals surface area contributed by atoms with Gasteiger partial charge >= 0.3 is 0 Å². The molecule has 1 aromatic carbocycles. The third-order valence-corrected chi connectivity index (χ3v) is 6.85. The minimum atomic E-state index is -0.124. The largest absolute Gasteiger partial charge is 0.299 e. The fourth-order valence-corrected chi connectivity index (χ4v) is 5.29. The van der Waals surface area contributed by atoms with Gasteiger partial charge in [-0.05, 0) is 66.5 Å². The first-order valence-corrected chi connectivity index (χ1v) is 8.93. The summed E-state index contributed by atoms with van der Waals surface area (Å²) in [6, 6.07) is 7.13. The minimum absolute atomic E-state index is 0.124. The molecule has 1 heteroatoms. The fourth-order valence-electron chi connectivity index (χ4n) is 5.29. The summed E-state index contributed by atoms with van der Waals surface area (Å²) in [6.07, 6.45) is 5.78. The van der Waals surface area contributed by atoms with Crippen LogP contribution in [0.5, 0.6) is 0 Å². The van der Waals surface area contributed by atoms with Crippen LogP contribution in [0.2, 0.25) is 0 Å². The average Bonchev–Trinajstić information content (AvgIpc) is 2.46. The molecule has 0 spiro atoms. The van der Waals surface area contributed by atoms with Crippen molar-refractivity contribution in [2.75, 3.05) is 0 Å². The van der Waals surface area contributed by atoms with Crippen molar-refractivity contribution in [3.63, 3.8) is 0 Å². The van der Waals surface area contributed by atoms with Crippen LogP contribution in [0.15, 0.2) is 18.2 Å². The first kappa shape index (κ1) is 15.8. The lowest BCUT2D eigenvalue weighted by molar-refractivity contribution is -0.134. The van der Waals surface area contributed by atoms with Crippen molar-refractivity contribution in [2.45, 2.75) is 78.1 Å². The Hall–Kier alpha value is -1.11. The number of aryl methyl sites for hydroxylation is 1. The van der Waals surface area contributed by atoms with E-state index < -0.39 is 0 Å². The van der Waals surface area contributed by atoms with E-state index in [-0.39, 0.29) is 10.8 Å². The summed E-state index contributed by atoms with van der Waals surface area (Å²) in [5.41, 5.74) is 4.58. The number of carbonyl (C=O) groups excluding carboxylic acids is 1. The molecule has 0 aliphatic heterocycles. The lowest BCUT2D eigenvalue weighted by atomic mass is 9.49. The summed E-state index contributed by atoms with van der Waals surface area (Å²) in [6.45, 7) is 11.0. The summed E-state index contributed by atoms with van der Waals surface area (Å²) in [5.74, 6) is 1.49. The molecule has 0 amide bonds. The highest BCUT2D eigenvalue weighted by Crippen LogP contribution is 2.57. The molecule has 120 valence electrons. The van der Waals surface area contributed by atoms with E-state index in [4.69, 9.17) is 0 Å². The van der Waals surface area contributed by atoms with Crippen molar-refractivity contribution < 1.29 is 4.79 Å². The molecule has 3 rings (SSSR count). The maximum Gasteiger partial charge on any atom is 0.135 e. The number of benzene rings is 1. The van der Waals surface area contributed by atoms with Crippen molar-refractivity contribution in [1.29, 1.82) is 0 Å². The van der Waals surface area contributed by atoms with Crippen molar-refractivity contribution in [3.05, 3.63) is 34.9 Å². The van der Waals surface area contributed by atoms with E-state index in [1.54, 1.807) is 0 Å². The number of ketones is 1. The second-order valence-corrected chi connectivity index (χ2v) is 8.41. The van der Waals surface area contributed by atoms with E-state index in [0.29, 0.717) is 17.6 Å². The van der Waals surface area contributed by atoms with E-state index in [2.05, 4.69) is 45.9 Å². The minimum Gasteiger partial charge on any atom is -0.299 e. The molecule has 2 aliphatic rings. The highest BCUT2D eigenvalue weighted by molar-refractivity contribution is 5.82. The summed E-state index contributed by atoms with van der Waals surface area (Å²) >= 11 is 0. The van der Waals surface area contributed by atoms with E-state index >= 15 is 0 Å². The Balaban J connectivity index is 2.08. The maximum atomic E-state index is 12.4. The maximum absolute atomic E-state index is 12.4. The molecule has 22 heavy (non-hydrogen) atoms. The molecule has 1 unspecified atom stereocenters. The summed E-state index contributed by atoms with van der Waals surface area (Å²) in [5, 5.41) is 0. The summed E-state index contributed by atoms with van der Waals surface area (Å²) < 4.78 is 0. The van der Waals surface area contributed by atoms with Crippen LogP contribution in [0.4, 0.5) is 0 Å². The molecule has 0 aromatic heterocycles. The fraction of sp³-hybridized carbons (Fsp3) is 0.667. The van der Waals surface area contributed by atoms with Crippen LogP contribution < -0.4 is 0 Å². The van der Waals surface area contributed by atoms with Crippen LogP contribution in [0.1, 0.15) is 82.9 Å². The monoisotopic (exact) mass is 298 g/mol. The number of carbonyl (C=O) groups is 1. The van der Waals surface area contributed by atoms with E-state index in [0.717, 1.165) is 12.8 Å². The molecule has 1 fully saturated rings. The Morgan fingerprint density at radius 2 is 1.95 bits per heavy atom. The van der Waals surface area contributed by atoms with Crippen molar-refractivity contribution in [3.8, 4) is 0 Å². The molecule has 1 saturated carbocycles. The molecule has 2 aliphatic carbocycles. The predicted molar refractivity (Wildman–Crippen MR) is 92.3 cm³/mol. The molecule has 0 saturated heterocycles. The third-order valence-electron chi connectivity index (χ3n) is 6.85. The number of hydrogen-bond donors (Lipinski definition) is 0. The van der Waals surface area contributed by atoms with E-state index in [9.17, 15) is 4.79 Å². The Labute approximate surface area is 135 Å². The third kappa shape index (κ3) is 2.16. The lowest BCUT2D eigenvalue weighted by Crippen LogP contribution is -2.51. The molecule has 1 aromatic rings. The average molecular weight is 298 g/mol. The number of fused-ring (bicyclic) bond motifs is 3. The Morgan fingerprint density at radius 3 is 2.59 bits per heavy atom. The van der Waals surface area contributed by atoms with Crippen LogP contribution in [0.3, 0.4) is 0 Å². The van der Waals surface area contributed by atoms with Gasteiger partial charge in [0.15, 0.2) is 0 Å². The van der Waals surface area contributed by atoms with Gasteiger partial charge in [0.1, 0.15) is 5.78 Å². The highest BCUT2D eigenvalue weighted by Gasteiger charge is 2.53. The van der Waals surface area contributed by atoms with E-state index in [1.165, 1.54) is 36.0 Å². The van der Waals surface area contributed by atoms with Gasteiger partial charge in [0, 0.05) is 5.41 Å². The summed E-state index contributed by atoms with van der Waals surface area (Å²) in [4.78, 5) is 12.4. The van der Waals surface area contributed by atoms with Crippen molar-refractivity contribution >= 4 is 5.78 Å². The zero-order valence-corrected chi connectivity index (χ0v) is 14.8. The Kier molecular flexibility index (Phi) is 3.74. The van der Waals surface area contributed by atoms with Crippen LogP contribution in [-0.2, 0) is 16.6 Å². The first-order valence-electron chi connectivity index (χ1n) is 8.93. The quantitative estimate of drug-likeness (QED) is 0.713. The van der Waals surface area contributed by atoms with Gasteiger partial charge in [0.25, 0.3) is 0 Å². The topological polar surface area (TPSA) is 17.1 Å². The van der Waals surface area contributed by atoms with Crippen molar-refractivity contribution in [2.24, 2.45) is 11.3 Å². The predicted octanol–water partition coefficient (Wildman–Crippen LogP) is 5.41. The summed E-state index contributed by atoms with van der Waals surface area (Å²) in [7, 11) is 0. The first-order chi connectivity index (χ1) is 10.3. The highest BCUT2D eigenvalue weighted by atomic mass is 16.1. The van der Waals surface area contributed by atoms with Crippen LogP contribution >= 0.6 is 0 Å². The zero-order chi connectivity index (χ0) is 16.1. The second kappa shape index (κ2) is 5.22. The van der Waals surface area contributed by atoms with Gasteiger partial charge in [-0.25, -0.2) is 0 Å². The van der Waals surface area contributed by atoms with Gasteiger partial charge in [-0.1, -0.05) is 52.3 Å². The molecule has 0 bridgehead atoms. The van der Waals surface area contributed by atoms with Gasteiger partial charge in [0.05, 0.1) is 0 Å². The second-order valence-electron chi connectivity index (χ2n) is 8.41.